The average Bonchev–Trinajstić information content (AvgIpc) is 3.43. The number of aromatic nitrogens is 3. The van der Waals surface area contributed by atoms with Crippen LogP contribution in [0.25, 0.3) is 28.0 Å². The van der Waals surface area contributed by atoms with Crippen molar-refractivity contribution in [2.24, 2.45) is 0 Å². The van der Waals surface area contributed by atoms with Gasteiger partial charge in [-0.25, -0.2) is 9.78 Å². The van der Waals surface area contributed by atoms with Crippen molar-refractivity contribution >= 4 is 17.4 Å². The summed E-state index contributed by atoms with van der Waals surface area (Å²) in [7, 11) is 0. The van der Waals surface area contributed by atoms with Gasteiger partial charge < -0.3 is 24.2 Å². The Morgan fingerprint density at radius 3 is 2.54 bits per heavy atom. The number of anilines is 1. The van der Waals surface area contributed by atoms with E-state index >= 15 is 0 Å². The molecule has 6 bridgehead atoms. The number of piperidine rings is 1. The molecule has 3 aliphatic rings. The number of ether oxygens (including phenoxy) is 3. The molecule has 244 valence electrons. The molecule has 1 fully saturated rings. The molecule has 9 heteroatoms. The van der Waals surface area contributed by atoms with E-state index in [1.807, 2.05) is 68.6 Å². The van der Waals surface area contributed by atoms with Gasteiger partial charge in [0.25, 0.3) is 0 Å². The monoisotopic (exact) mass is 626 g/mol. The Bertz CT molecular complexity index is 1720. The van der Waals surface area contributed by atoms with Gasteiger partial charge in [0, 0.05) is 42.6 Å². The molecule has 0 saturated carbocycles. The first-order valence-corrected chi connectivity index (χ1v) is 16.5. The van der Waals surface area contributed by atoms with Gasteiger partial charge in [0.2, 0.25) is 0 Å². The molecular weight excluding hydrogens is 580 g/mol. The number of benzene rings is 2. The maximum absolute atomic E-state index is 12.8. The van der Waals surface area contributed by atoms with E-state index in [9.17, 15) is 9.90 Å². The van der Waals surface area contributed by atoms with E-state index in [4.69, 9.17) is 24.3 Å². The molecule has 2 unspecified atom stereocenters. The Balaban J connectivity index is 1.52. The van der Waals surface area contributed by atoms with Crippen LogP contribution in [0.15, 0.2) is 54.6 Å². The zero-order valence-electron chi connectivity index (χ0n) is 27.9. The quantitative estimate of drug-likeness (QED) is 0.248. The van der Waals surface area contributed by atoms with Crippen molar-refractivity contribution < 1.29 is 24.1 Å². The lowest BCUT2D eigenvalue weighted by Gasteiger charge is -2.41. The Morgan fingerprint density at radius 1 is 1.07 bits per heavy atom. The molecule has 2 aromatic heterocycles. The Morgan fingerprint density at radius 2 is 1.80 bits per heavy atom. The van der Waals surface area contributed by atoms with Crippen molar-refractivity contribution in [1.82, 2.24) is 14.6 Å². The summed E-state index contributed by atoms with van der Waals surface area (Å²) in [6.07, 6.45) is 3.40. The van der Waals surface area contributed by atoms with Gasteiger partial charge in [-0.15, -0.1) is 0 Å². The minimum Gasteiger partial charge on any atom is -0.490 e. The van der Waals surface area contributed by atoms with E-state index in [1.54, 1.807) is 0 Å². The molecular formula is C37H46N4O5. The van der Waals surface area contributed by atoms with Crippen molar-refractivity contribution in [3.05, 3.63) is 65.9 Å². The van der Waals surface area contributed by atoms with E-state index in [1.165, 1.54) is 0 Å². The average molecular weight is 627 g/mol. The highest BCUT2D eigenvalue weighted by atomic mass is 16.5. The Kier molecular flexibility index (Phi) is 8.83. The number of rotatable bonds is 3. The van der Waals surface area contributed by atoms with Gasteiger partial charge >= 0.3 is 5.97 Å². The zero-order valence-corrected chi connectivity index (χ0v) is 27.9. The number of carboxylic acids is 1. The largest absolute Gasteiger partial charge is 0.490 e. The van der Waals surface area contributed by atoms with Crippen LogP contribution in [0, 0.1) is 6.92 Å². The second-order valence-electron chi connectivity index (χ2n) is 14.0. The summed E-state index contributed by atoms with van der Waals surface area (Å²) in [5, 5.41) is 15.6. The fraction of sp³-hybridized carbons (Fsp3) is 0.486. The molecule has 1 N–H and O–H groups in total. The molecule has 1 saturated heterocycles. The number of hydrogen-bond donors (Lipinski definition) is 1. The molecule has 4 aromatic rings. The fourth-order valence-electron chi connectivity index (χ4n) is 6.57. The number of aliphatic carboxylic acids is 1. The van der Waals surface area contributed by atoms with E-state index in [2.05, 4.69) is 36.9 Å². The van der Waals surface area contributed by atoms with Crippen molar-refractivity contribution in [3.8, 4) is 28.1 Å². The summed E-state index contributed by atoms with van der Waals surface area (Å²) in [4.78, 5) is 19.9. The second-order valence-corrected chi connectivity index (χ2v) is 14.0. The molecule has 0 amide bonds. The molecule has 2 atom stereocenters. The van der Waals surface area contributed by atoms with Crippen LogP contribution in [-0.2, 0) is 14.3 Å². The normalized spacial score (nSPS) is 21.5. The van der Waals surface area contributed by atoms with Crippen molar-refractivity contribution in [3.63, 3.8) is 0 Å². The highest BCUT2D eigenvalue weighted by Gasteiger charge is 2.38. The Hall–Kier alpha value is -3.95. The first-order valence-electron chi connectivity index (χ1n) is 16.5. The minimum atomic E-state index is -1.21. The van der Waals surface area contributed by atoms with Crippen LogP contribution in [0.2, 0.25) is 0 Å². The summed E-state index contributed by atoms with van der Waals surface area (Å²) < 4.78 is 21.0. The van der Waals surface area contributed by atoms with Gasteiger partial charge in [-0.3, -0.25) is 0 Å². The van der Waals surface area contributed by atoms with Gasteiger partial charge in [-0.05, 0) is 91.3 Å². The van der Waals surface area contributed by atoms with Gasteiger partial charge in [0.15, 0.2) is 11.8 Å². The van der Waals surface area contributed by atoms with Crippen molar-refractivity contribution in [2.75, 3.05) is 24.6 Å². The van der Waals surface area contributed by atoms with Crippen LogP contribution < -0.4 is 9.64 Å². The lowest BCUT2D eigenvalue weighted by atomic mass is 9.92. The topological polar surface area (TPSA) is 98.4 Å². The van der Waals surface area contributed by atoms with E-state index in [0.717, 1.165) is 60.2 Å². The number of para-hydroxylation sites is 1. The van der Waals surface area contributed by atoms with Crippen molar-refractivity contribution in [1.29, 1.82) is 0 Å². The maximum Gasteiger partial charge on any atom is 0.337 e. The molecule has 2 aromatic carbocycles. The van der Waals surface area contributed by atoms with E-state index in [0.29, 0.717) is 42.4 Å². The lowest BCUT2D eigenvalue weighted by molar-refractivity contribution is -0.160. The van der Waals surface area contributed by atoms with Gasteiger partial charge in [0.1, 0.15) is 11.6 Å². The van der Waals surface area contributed by atoms with Crippen LogP contribution in [0.4, 0.5) is 5.82 Å². The summed E-state index contributed by atoms with van der Waals surface area (Å²) in [6.45, 7) is 13.9. The van der Waals surface area contributed by atoms with Crippen LogP contribution in [0.5, 0.6) is 5.75 Å². The standard InChI is InChI=1S/C37H46N4O5/c1-24-12-9-10-21-44-37(6)17-19-40(20-18-37)34-32(33(35(42)43)46-36(3,4)5)25(2)38-31-23-29(39-41(31)34)27-14-11-13-26(22-27)28-15-7-8-16-30(28)45-24/h7-8,11,13-16,22-24,33H,9-10,12,17-21H2,1-6H3,(H,42,43). The lowest BCUT2D eigenvalue weighted by Crippen LogP contribution is -2.46. The minimum absolute atomic E-state index is 0.0750. The molecule has 5 heterocycles. The summed E-state index contributed by atoms with van der Waals surface area (Å²) in [5.41, 5.74) is 4.60. The number of fused-ring (bicyclic) bond motifs is 8. The molecule has 0 aliphatic carbocycles. The van der Waals surface area contributed by atoms with Crippen LogP contribution in [0.1, 0.15) is 84.1 Å². The number of nitrogens with zero attached hydrogens (tertiary/aromatic N) is 4. The van der Waals surface area contributed by atoms with Crippen LogP contribution in [0.3, 0.4) is 0 Å². The third kappa shape index (κ3) is 6.76. The number of hydrogen-bond acceptors (Lipinski definition) is 7. The zero-order chi connectivity index (χ0) is 32.6. The van der Waals surface area contributed by atoms with Gasteiger partial charge in [-0.1, -0.05) is 36.4 Å². The summed E-state index contributed by atoms with van der Waals surface area (Å²) in [6, 6.07) is 18.4. The number of carboxylic acid groups (broad SMARTS) is 1. The molecule has 46 heavy (non-hydrogen) atoms. The van der Waals surface area contributed by atoms with Crippen molar-refractivity contribution in [2.45, 2.75) is 97.1 Å². The molecule has 0 radical (unpaired) electrons. The second kappa shape index (κ2) is 12.7. The predicted molar refractivity (Wildman–Crippen MR) is 180 cm³/mol. The molecule has 3 aliphatic heterocycles. The maximum atomic E-state index is 12.8. The highest BCUT2D eigenvalue weighted by molar-refractivity contribution is 5.80. The van der Waals surface area contributed by atoms with Crippen LogP contribution in [-0.4, -0.2) is 62.7 Å². The predicted octanol–water partition coefficient (Wildman–Crippen LogP) is 7.64. The number of aryl methyl sites for hydroxylation is 1. The molecule has 9 nitrogen and oxygen atoms in total. The fourth-order valence-corrected chi connectivity index (χ4v) is 6.57. The molecule has 0 spiro atoms. The van der Waals surface area contributed by atoms with Gasteiger partial charge in [0.05, 0.1) is 28.6 Å². The third-order valence-corrected chi connectivity index (χ3v) is 9.02. The third-order valence-electron chi connectivity index (χ3n) is 9.02. The van der Waals surface area contributed by atoms with E-state index < -0.39 is 17.7 Å². The summed E-state index contributed by atoms with van der Waals surface area (Å²) in [5.74, 6) is 0.515. The first kappa shape index (κ1) is 32.0. The Labute approximate surface area is 271 Å². The van der Waals surface area contributed by atoms with E-state index in [-0.39, 0.29) is 11.7 Å². The number of carbonyl (C=O) groups is 1. The highest BCUT2D eigenvalue weighted by Crippen LogP contribution is 2.39. The summed E-state index contributed by atoms with van der Waals surface area (Å²) >= 11 is 0. The van der Waals surface area contributed by atoms with Crippen LogP contribution >= 0.6 is 0 Å². The first-order chi connectivity index (χ1) is 21.9. The smallest absolute Gasteiger partial charge is 0.337 e. The van der Waals surface area contributed by atoms with Gasteiger partial charge in [-0.2, -0.15) is 9.61 Å². The SMILES string of the molecule is Cc1nc2cc3nn2c(c1C(OC(C)(C)C)C(=O)O)N1CCC(C)(CC1)OCCCCC(C)Oc1ccccc1-c1cccc-3c1. The molecule has 7 rings (SSSR count).